The first-order valence-corrected chi connectivity index (χ1v) is 6.88. The number of rotatable bonds is 3. The molecule has 4 heteroatoms. The smallest absolute Gasteiger partial charge is 0.138 e. The molecule has 1 aromatic rings. The van der Waals surface area contributed by atoms with Gasteiger partial charge >= 0.3 is 0 Å². The summed E-state index contributed by atoms with van der Waals surface area (Å²) in [7, 11) is 0. The molecule has 1 fully saturated rings. The Kier molecular flexibility index (Phi) is 4.50. The summed E-state index contributed by atoms with van der Waals surface area (Å²) < 4.78 is 11.1. The second kappa shape index (κ2) is 5.89. The van der Waals surface area contributed by atoms with E-state index in [1.54, 1.807) is 0 Å². The number of ether oxygens (including phenoxy) is 2. The van der Waals surface area contributed by atoms with Crippen LogP contribution < -0.4 is 4.74 Å². The Balaban J connectivity index is 2.03. The van der Waals surface area contributed by atoms with Crippen molar-refractivity contribution in [1.29, 1.82) is 0 Å². The molecule has 1 heterocycles. The minimum absolute atomic E-state index is 0.237. The van der Waals surface area contributed by atoms with Gasteiger partial charge in [-0.1, -0.05) is 33.6 Å². The van der Waals surface area contributed by atoms with Crippen molar-refractivity contribution in [3.63, 3.8) is 0 Å². The largest absolute Gasteiger partial charge is 0.489 e. The Labute approximate surface area is 109 Å². The molecule has 1 aliphatic rings. The predicted octanol–water partition coefficient (Wildman–Crippen LogP) is 3.79. The van der Waals surface area contributed by atoms with Gasteiger partial charge < -0.3 is 9.47 Å². The third-order valence-corrected chi connectivity index (χ3v) is 3.56. The second-order valence-electron chi connectivity index (χ2n) is 3.83. The zero-order valence-corrected chi connectivity index (χ0v) is 11.3. The van der Waals surface area contributed by atoms with Crippen LogP contribution in [0.2, 0.25) is 5.02 Å². The summed E-state index contributed by atoms with van der Waals surface area (Å²) in [5.41, 5.74) is 1.16. The molecule has 16 heavy (non-hydrogen) atoms. The fourth-order valence-electron chi connectivity index (χ4n) is 1.70. The molecule has 0 radical (unpaired) electrons. The fraction of sp³-hybridized carbons (Fsp3) is 0.500. The summed E-state index contributed by atoms with van der Waals surface area (Å²) in [4.78, 5) is 0. The minimum atomic E-state index is 0.237. The van der Waals surface area contributed by atoms with Crippen molar-refractivity contribution < 1.29 is 9.47 Å². The lowest BCUT2D eigenvalue weighted by Crippen LogP contribution is -2.25. The van der Waals surface area contributed by atoms with Crippen LogP contribution in [0.25, 0.3) is 0 Å². The Hall–Kier alpha value is -0.250. The highest BCUT2D eigenvalue weighted by Crippen LogP contribution is 2.28. The van der Waals surface area contributed by atoms with Gasteiger partial charge in [-0.25, -0.2) is 0 Å². The monoisotopic (exact) mass is 304 g/mol. The molecular weight excluding hydrogens is 291 g/mol. The van der Waals surface area contributed by atoms with Crippen LogP contribution in [-0.2, 0) is 10.1 Å². The average molecular weight is 306 g/mol. The van der Waals surface area contributed by atoms with E-state index in [1.807, 2.05) is 18.2 Å². The lowest BCUT2D eigenvalue weighted by Gasteiger charge is -2.23. The topological polar surface area (TPSA) is 18.5 Å². The molecule has 0 spiro atoms. The summed E-state index contributed by atoms with van der Waals surface area (Å²) >= 11 is 9.55. The van der Waals surface area contributed by atoms with Crippen molar-refractivity contribution in [2.24, 2.45) is 0 Å². The van der Waals surface area contributed by atoms with Crippen LogP contribution in [0.1, 0.15) is 18.4 Å². The van der Waals surface area contributed by atoms with Crippen LogP contribution in [0.5, 0.6) is 5.75 Å². The van der Waals surface area contributed by atoms with Crippen LogP contribution in [-0.4, -0.2) is 19.3 Å². The number of benzene rings is 1. The van der Waals surface area contributed by atoms with Crippen LogP contribution in [0, 0.1) is 0 Å². The van der Waals surface area contributed by atoms with Gasteiger partial charge in [0.2, 0.25) is 0 Å². The SMILES string of the molecule is Clc1cc(CBr)ccc1OC1CCOCC1. The van der Waals surface area contributed by atoms with E-state index in [-0.39, 0.29) is 6.10 Å². The van der Waals surface area contributed by atoms with E-state index in [0.29, 0.717) is 5.02 Å². The maximum Gasteiger partial charge on any atom is 0.138 e. The van der Waals surface area contributed by atoms with Crippen LogP contribution >= 0.6 is 27.5 Å². The highest BCUT2D eigenvalue weighted by atomic mass is 79.9. The highest BCUT2D eigenvalue weighted by Gasteiger charge is 2.16. The second-order valence-corrected chi connectivity index (χ2v) is 4.80. The minimum Gasteiger partial charge on any atom is -0.489 e. The summed E-state index contributed by atoms with van der Waals surface area (Å²) in [6.45, 7) is 1.56. The molecule has 2 rings (SSSR count). The molecule has 0 aliphatic carbocycles. The lowest BCUT2D eigenvalue weighted by molar-refractivity contribution is 0.0256. The van der Waals surface area contributed by atoms with Gasteiger partial charge in [-0.3, -0.25) is 0 Å². The van der Waals surface area contributed by atoms with Crippen molar-refractivity contribution >= 4 is 27.5 Å². The summed E-state index contributed by atoms with van der Waals surface area (Å²) in [6, 6.07) is 5.90. The molecule has 88 valence electrons. The highest BCUT2D eigenvalue weighted by molar-refractivity contribution is 9.08. The first kappa shape index (κ1) is 12.2. The zero-order valence-electron chi connectivity index (χ0n) is 8.92. The quantitative estimate of drug-likeness (QED) is 0.791. The third kappa shape index (κ3) is 3.12. The van der Waals surface area contributed by atoms with E-state index < -0.39 is 0 Å². The molecular formula is C12H14BrClO2. The maximum absolute atomic E-state index is 6.15. The standard InChI is InChI=1S/C12H14BrClO2/c13-8-9-1-2-12(11(14)7-9)16-10-3-5-15-6-4-10/h1-2,7,10H,3-6,8H2. The third-order valence-electron chi connectivity index (χ3n) is 2.61. The van der Waals surface area contributed by atoms with Crippen molar-refractivity contribution in [2.45, 2.75) is 24.3 Å². The lowest BCUT2D eigenvalue weighted by atomic mass is 10.1. The summed E-state index contributed by atoms with van der Waals surface area (Å²) in [5, 5.41) is 1.49. The molecule has 0 atom stereocenters. The van der Waals surface area contributed by atoms with Crippen molar-refractivity contribution in [3.05, 3.63) is 28.8 Å². The molecule has 0 unspecified atom stereocenters. The van der Waals surface area contributed by atoms with Gasteiger partial charge in [-0.15, -0.1) is 0 Å². The van der Waals surface area contributed by atoms with Crippen LogP contribution in [0.3, 0.4) is 0 Å². The van der Waals surface area contributed by atoms with E-state index in [1.165, 1.54) is 0 Å². The van der Waals surface area contributed by atoms with Gasteiger partial charge in [0.1, 0.15) is 11.9 Å². The van der Waals surface area contributed by atoms with Crippen molar-refractivity contribution in [3.8, 4) is 5.75 Å². The van der Waals surface area contributed by atoms with Crippen molar-refractivity contribution in [2.75, 3.05) is 13.2 Å². The number of hydrogen-bond acceptors (Lipinski definition) is 2. The molecule has 1 aliphatic heterocycles. The van der Waals surface area contributed by atoms with Gasteiger partial charge in [0, 0.05) is 18.2 Å². The zero-order chi connectivity index (χ0) is 11.4. The number of halogens is 2. The van der Waals surface area contributed by atoms with Gasteiger partial charge in [0.05, 0.1) is 18.2 Å². The van der Waals surface area contributed by atoms with Crippen LogP contribution in [0.15, 0.2) is 18.2 Å². The summed E-state index contributed by atoms with van der Waals surface area (Å²) in [5.74, 6) is 0.776. The van der Waals surface area contributed by atoms with E-state index in [0.717, 1.165) is 42.7 Å². The van der Waals surface area contributed by atoms with Gasteiger partial charge in [-0.2, -0.15) is 0 Å². The molecule has 1 saturated heterocycles. The van der Waals surface area contributed by atoms with E-state index in [4.69, 9.17) is 21.1 Å². The Morgan fingerprint density at radius 3 is 2.75 bits per heavy atom. The van der Waals surface area contributed by atoms with E-state index in [9.17, 15) is 0 Å². The number of alkyl halides is 1. The Morgan fingerprint density at radius 2 is 2.12 bits per heavy atom. The first-order chi connectivity index (χ1) is 7.79. The molecule has 0 amide bonds. The molecule has 0 bridgehead atoms. The molecule has 0 N–H and O–H groups in total. The van der Waals surface area contributed by atoms with E-state index >= 15 is 0 Å². The normalized spacial score (nSPS) is 17.4. The average Bonchev–Trinajstić information content (AvgIpc) is 2.33. The van der Waals surface area contributed by atoms with Crippen LogP contribution in [0.4, 0.5) is 0 Å². The molecule has 0 aromatic heterocycles. The maximum atomic E-state index is 6.15. The van der Waals surface area contributed by atoms with Crippen molar-refractivity contribution in [1.82, 2.24) is 0 Å². The van der Waals surface area contributed by atoms with Gasteiger partial charge in [-0.05, 0) is 17.7 Å². The predicted molar refractivity (Wildman–Crippen MR) is 68.6 cm³/mol. The Morgan fingerprint density at radius 1 is 1.38 bits per heavy atom. The first-order valence-electron chi connectivity index (χ1n) is 5.38. The Bertz CT molecular complexity index is 351. The fourth-order valence-corrected chi connectivity index (χ4v) is 2.29. The van der Waals surface area contributed by atoms with Gasteiger partial charge in [0.15, 0.2) is 0 Å². The van der Waals surface area contributed by atoms with E-state index in [2.05, 4.69) is 15.9 Å². The summed E-state index contributed by atoms with van der Waals surface area (Å²) in [6.07, 6.45) is 2.12. The number of hydrogen-bond donors (Lipinski definition) is 0. The molecule has 1 aromatic carbocycles. The van der Waals surface area contributed by atoms with Gasteiger partial charge in [0.25, 0.3) is 0 Å². The molecule has 2 nitrogen and oxygen atoms in total. The molecule has 0 saturated carbocycles.